The van der Waals surface area contributed by atoms with Gasteiger partial charge in [0.25, 0.3) is 10.0 Å². The number of nitrogen functional groups attached to an aromatic ring is 1. The minimum Gasteiger partial charge on any atom is -0.495 e. The average Bonchev–Trinajstić information content (AvgIpc) is 2.39. The number of hydrogen-bond acceptors (Lipinski definition) is 4. The highest BCUT2D eigenvalue weighted by molar-refractivity contribution is 9.10. The number of hydrogen-bond donors (Lipinski definition) is 2. The van der Waals surface area contributed by atoms with Crippen molar-refractivity contribution in [2.24, 2.45) is 0 Å². The first-order valence-electron chi connectivity index (χ1n) is 5.64. The van der Waals surface area contributed by atoms with Gasteiger partial charge in [0.1, 0.15) is 5.75 Å². The fraction of sp³-hybridized carbons (Fsp3) is 0.0769. The van der Waals surface area contributed by atoms with Crippen molar-refractivity contribution >= 4 is 37.3 Å². The van der Waals surface area contributed by atoms with Crippen LogP contribution in [0.3, 0.4) is 0 Å². The Morgan fingerprint density at radius 3 is 2.40 bits per heavy atom. The molecule has 0 radical (unpaired) electrons. The monoisotopic (exact) mass is 356 g/mol. The summed E-state index contributed by atoms with van der Waals surface area (Å²) in [6, 6.07) is 11.0. The first kappa shape index (κ1) is 14.7. The van der Waals surface area contributed by atoms with Crippen LogP contribution in [0.4, 0.5) is 11.4 Å². The van der Waals surface area contributed by atoms with Gasteiger partial charge in [-0.25, -0.2) is 8.42 Å². The third-order valence-electron chi connectivity index (χ3n) is 2.60. The maximum absolute atomic E-state index is 12.3. The van der Waals surface area contributed by atoms with Crippen LogP contribution in [0.5, 0.6) is 5.75 Å². The van der Waals surface area contributed by atoms with E-state index in [-0.39, 0.29) is 4.90 Å². The molecule has 0 bridgehead atoms. The lowest BCUT2D eigenvalue weighted by atomic mass is 10.3. The standard InChI is InChI=1S/C13H13BrN2O3S/c1-19-13-7-2-9(14)8-12(13)16-20(17,18)11-5-3-10(15)4-6-11/h2-8,16H,15H2,1H3. The smallest absolute Gasteiger partial charge is 0.262 e. The third kappa shape index (κ3) is 3.23. The van der Waals surface area contributed by atoms with E-state index in [1.165, 1.54) is 31.4 Å². The molecule has 5 nitrogen and oxygen atoms in total. The molecule has 7 heteroatoms. The lowest BCUT2D eigenvalue weighted by Crippen LogP contribution is -2.13. The van der Waals surface area contributed by atoms with Gasteiger partial charge in [0.15, 0.2) is 0 Å². The van der Waals surface area contributed by atoms with Gasteiger partial charge in [-0.2, -0.15) is 0 Å². The normalized spacial score (nSPS) is 11.1. The van der Waals surface area contributed by atoms with E-state index in [0.29, 0.717) is 17.1 Å². The highest BCUT2D eigenvalue weighted by Gasteiger charge is 2.16. The molecular weight excluding hydrogens is 344 g/mol. The summed E-state index contributed by atoms with van der Waals surface area (Å²) in [4.78, 5) is 0.133. The molecule has 0 saturated heterocycles. The number of benzene rings is 2. The van der Waals surface area contributed by atoms with E-state index in [4.69, 9.17) is 10.5 Å². The molecule has 2 aromatic carbocycles. The molecule has 0 aliphatic rings. The van der Waals surface area contributed by atoms with E-state index in [0.717, 1.165) is 4.47 Å². The zero-order chi connectivity index (χ0) is 14.8. The second kappa shape index (κ2) is 5.72. The summed E-state index contributed by atoms with van der Waals surface area (Å²) in [7, 11) is -2.21. The fourth-order valence-corrected chi connectivity index (χ4v) is 3.03. The molecule has 0 fully saturated rings. The van der Waals surface area contributed by atoms with Crippen LogP contribution < -0.4 is 15.2 Å². The van der Waals surface area contributed by atoms with Crippen molar-refractivity contribution < 1.29 is 13.2 Å². The maximum atomic E-state index is 12.3. The van der Waals surface area contributed by atoms with Crippen molar-refractivity contribution in [1.82, 2.24) is 0 Å². The van der Waals surface area contributed by atoms with E-state index in [9.17, 15) is 8.42 Å². The lowest BCUT2D eigenvalue weighted by Gasteiger charge is -2.12. The van der Waals surface area contributed by atoms with Crippen molar-refractivity contribution in [2.75, 3.05) is 17.6 Å². The van der Waals surface area contributed by atoms with Crippen molar-refractivity contribution in [3.63, 3.8) is 0 Å². The second-order valence-electron chi connectivity index (χ2n) is 4.02. The number of rotatable bonds is 4. The number of nitrogens with one attached hydrogen (secondary N) is 1. The van der Waals surface area contributed by atoms with Crippen LogP contribution in [0.1, 0.15) is 0 Å². The number of sulfonamides is 1. The van der Waals surface area contributed by atoms with Gasteiger partial charge in [-0.3, -0.25) is 4.72 Å². The summed E-state index contributed by atoms with van der Waals surface area (Å²) in [6.45, 7) is 0. The molecule has 2 rings (SSSR count). The van der Waals surface area contributed by atoms with Gasteiger partial charge in [-0.15, -0.1) is 0 Å². The van der Waals surface area contributed by atoms with Crippen LogP contribution >= 0.6 is 15.9 Å². The molecule has 0 unspecified atom stereocenters. The Morgan fingerprint density at radius 1 is 1.15 bits per heavy atom. The molecule has 0 spiro atoms. The first-order chi connectivity index (χ1) is 9.42. The van der Waals surface area contributed by atoms with Crippen LogP contribution in [0.25, 0.3) is 0 Å². The van der Waals surface area contributed by atoms with Gasteiger partial charge in [-0.05, 0) is 42.5 Å². The quantitative estimate of drug-likeness (QED) is 0.825. The van der Waals surface area contributed by atoms with E-state index >= 15 is 0 Å². The minimum absolute atomic E-state index is 0.133. The predicted molar refractivity (Wildman–Crippen MR) is 82.4 cm³/mol. The van der Waals surface area contributed by atoms with Gasteiger partial charge < -0.3 is 10.5 Å². The van der Waals surface area contributed by atoms with E-state index < -0.39 is 10.0 Å². The SMILES string of the molecule is COc1ccc(Br)cc1NS(=O)(=O)c1ccc(N)cc1. The molecule has 0 heterocycles. The fourth-order valence-electron chi connectivity index (χ4n) is 1.61. The average molecular weight is 357 g/mol. The van der Waals surface area contributed by atoms with Crippen molar-refractivity contribution in [1.29, 1.82) is 0 Å². The largest absolute Gasteiger partial charge is 0.495 e. The Hall–Kier alpha value is -1.73. The van der Waals surface area contributed by atoms with E-state index in [2.05, 4.69) is 20.7 Å². The summed E-state index contributed by atoms with van der Waals surface area (Å²) in [5, 5.41) is 0. The van der Waals surface area contributed by atoms with Crippen LogP contribution in [-0.4, -0.2) is 15.5 Å². The van der Waals surface area contributed by atoms with Crippen molar-refractivity contribution in [2.45, 2.75) is 4.90 Å². The Kier molecular flexibility index (Phi) is 4.20. The topological polar surface area (TPSA) is 81.4 Å². The molecular formula is C13H13BrN2O3S. The van der Waals surface area contributed by atoms with Gasteiger partial charge >= 0.3 is 0 Å². The maximum Gasteiger partial charge on any atom is 0.262 e. The van der Waals surface area contributed by atoms with Crippen LogP contribution in [0.2, 0.25) is 0 Å². The Balaban J connectivity index is 2.37. The number of halogens is 1. The molecule has 0 aliphatic heterocycles. The predicted octanol–water partition coefficient (Wildman–Crippen LogP) is 2.84. The van der Waals surface area contributed by atoms with Crippen LogP contribution in [0, 0.1) is 0 Å². The molecule has 0 amide bonds. The van der Waals surface area contributed by atoms with Gasteiger partial charge in [-0.1, -0.05) is 15.9 Å². The molecule has 3 N–H and O–H groups in total. The Morgan fingerprint density at radius 2 is 1.80 bits per heavy atom. The molecule has 2 aromatic rings. The van der Waals surface area contributed by atoms with Crippen molar-refractivity contribution in [3.05, 3.63) is 46.9 Å². The van der Waals surface area contributed by atoms with Crippen molar-refractivity contribution in [3.8, 4) is 5.75 Å². The Bertz CT molecular complexity index is 715. The number of methoxy groups -OCH3 is 1. The number of nitrogens with two attached hydrogens (primary N) is 1. The molecule has 0 atom stereocenters. The summed E-state index contributed by atoms with van der Waals surface area (Å²) >= 11 is 3.29. The molecule has 0 aliphatic carbocycles. The molecule has 20 heavy (non-hydrogen) atoms. The van der Waals surface area contributed by atoms with Gasteiger partial charge in [0.2, 0.25) is 0 Å². The minimum atomic E-state index is -3.69. The van der Waals surface area contributed by atoms with E-state index in [1.54, 1.807) is 18.2 Å². The molecule has 0 aromatic heterocycles. The zero-order valence-corrected chi connectivity index (χ0v) is 13.0. The third-order valence-corrected chi connectivity index (χ3v) is 4.47. The summed E-state index contributed by atoms with van der Waals surface area (Å²) < 4.78 is 32.9. The highest BCUT2D eigenvalue weighted by atomic mass is 79.9. The molecule has 106 valence electrons. The Labute approximate surface area is 125 Å². The van der Waals surface area contributed by atoms with Gasteiger partial charge in [0.05, 0.1) is 17.7 Å². The summed E-state index contributed by atoms with van der Waals surface area (Å²) in [5.41, 5.74) is 6.41. The summed E-state index contributed by atoms with van der Waals surface area (Å²) in [6.07, 6.45) is 0. The van der Waals surface area contributed by atoms with Gasteiger partial charge in [0, 0.05) is 10.2 Å². The lowest BCUT2D eigenvalue weighted by molar-refractivity contribution is 0.417. The first-order valence-corrected chi connectivity index (χ1v) is 7.92. The van der Waals surface area contributed by atoms with E-state index in [1.807, 2.05) is 0 Å². The summed E-state index contributed by atoms with van der Waals surface area (Å²) in [5.74, 6) is 0.437. The number of ether oxygens (including phenoxy) is 1. The van der Waals surface area contributed by atoms with Crippen LogP contribution in [-0.2, 0) is 10.0 Å². The number of anilines is 2. The second-order valence-corrected chi connectivity index (χ2v) is 6.62. The molecule has 0 saturated carbocycles. The zero-order valence-electron chi connectivity index (χ0n) is 10.6. The van der Waals surface area contributed by atoms with Crippen LogP contribution in [0.15, 0.2) is 51.8 Å². The highest BCUT2D eigenvalue weighted by Crippen LogP contribution is 2.30.